The smallest absolute Gasteiger partial charge is 0.369 e. The molecule has 9 nitrogen and oxygen atoms in total. The fraction of sp³-hybridized carbons (Fsp3) is 0. The van der Waals surface area contributed by atoms with Gasteiger partial charge in [0.05, 0.1) is 0 Å². The Hall–Kier alpha value is 0.278. The molecule has 0 spiro atoms. The van der Waals surface area contributed by atoms with Gasteiger partial charge in [0.1, 0.15) is 0 Å². The van der Waals surface area contributed by atoms with Crippen LogP contribution in [-0.2, 0) is 31.3 Å². The molecule has 0 bridgehead atoms. The molecule has 0 fully saturated rings. The Labute approximate surface area is 64.8 Å². The monoisotopic (exact) mass is 279 g/mol. The van der Waals surface area contributed by atoms with Gasteiger partial charge < -0.3 is 11.6 Å². The molecule has 11 heteroatoms. The molecule has 11 heavy (non-hydrogen) atoms. The summed E-state index contributed by atoms with van der Waals surface area (Å²) >= 11 is -6.28. The van der Waals surface area contributed by atoms with Crippen LogP contribution in [0.15, 0.2) is 0 Å². The van der Waals surface area contributed by atoms with Crippen molar-refractivity contribution in [2.24, 2.45) is 0 Å². The topological polar surface area (TPSA) is 192 Å². The van der Waals surface area contributed by atoms with Gasteiger partial charge in [0.2, 0.25) is 0 Å². The van der Waals surface area contributed by atoms with E-state index in [4.69, 9.17) is 9.79 Å². The summed E-state index contributed by atoms with van der Waals surface area (Å²) < 4.78 is 40.8. The van der Waals surface area contributed by atoms with E-state index in [0.717, 1.165) is 0 Å². The van der Waals surface area contributed by atoms with Gasteiger partial charge in [0, 0.05) is 0 Å². The van der Waals surface area contributed by atoms with E-state index in [1.807, 2.05) is 0 Å². The molecule has 0 atom stereocenters. The van der Waals surface area contributed by atoms with E-state index in [1.54, 1.807) is 0 Å². The Morgan fingerprint density at radius 1 is 1.36 bits per heavy atom. The van der Waals surface area contributed by atoms with Gasteiger partial charge >= 0.3 is 52.7 Å². The molecule has 0 saturated heterocycles. The van der Waals surface area contributed by atoms with Gasteiger partial charge in [0.25, 0.3) is 0 Å². The van der Waals surface area contributed by atoms with Crippen LogP contribution in [0.3, 0.4) is 0 Å². The molecule has 0 radical (unpaired) electrons. The fourth-order valence-corrected chi connectivity index (χ4v) is 2.11. The number of quaternary nitrogens is 1. The Morgan fingerprint density at radius 2 is 1.64 bits per heavy atom. The van der Waals surface area contributed by atoms with Crippen molar-refractivity contribution in [2.75, 3.05) is 0 Å². The molecule has 0 aromatic rings. The summed E-state index contributed by atoms with van der Waals surface area (Å²) in [6, 6.07) is 0. The molecule has 0 aromatic carbocycles. The van der Waals surface area contributed by atoms with Crippen molar-refractivity contribution in [2.45, 2.75) is 0 Å². The first kappa shape index (κ1) is 17.4. The van der Waals surface area contributed by atoms with Crippen LogP contribution >= 0.6 is 7.82 Å². The van der Waals surface area contributed by atoms with Crippen molar-refractivity contribution in [3.63, 3.8) is 0 Å². The quantitative estimate of drug-likeness (QED) is 0.372. The van der Waals surface area contributed by atoms with E-state index in [1.165, 1.54) is 0 Å². The van der Waals surface area contributed by atoms with Crippen LogP contribution in [0, 0.1) is 0 Å². The maximum absolute atomic E-state index is 9.57. The molecular formula is H8MoNO8P. The maximum Gasteiger partial charge on any atom is -0.369 e. The van der Waals surface area contributed by atoms with Gasteiger partial charge in [-0.25, -0.2) is 0 Å². The number of hydrogen-bond acceptors (Lipinski definition) is 5. The molecule has 0 aliphatic heterocycles. The van der Waals surface area contributed by atoms with E-state index in [2.05, 4.69) is 3.18 Å². The molecule has 8 N–H and O–H groups in total. The van der Waals surface area contributed by atoms with E-state index < -0.39 is 24.6 Å². The summed E-state index contributed by atoms with van der Waals surface area (Å²) in [5.41, 5.74) is 0. The van der Waals surface area contributed by atoms with Crippen molar-refractivity contribution < 1.29 is 50.3 Å². The minimum atomic E-state index is -6.28. The van der Waals surface area contributed by atoms with Crippen LogP contribution in [0.5, 0.6) is 0 Å². The van der Waals surface area contributed by atoms with Gasteiger partial charge in [-0.1, -0.05) is 0 Å². The standard InChI is InChI=1S/Mo.H3N.H3O4P.H2O.3O/c;;1-5(2,3)4;;;;/h;1H3;(H3,1,2,3,4);1H2;;;/q+1;;;;;;-1. The normalized spacial score (nSPS) is 11.2. The van der Waals surface area contributed by atoms with E-state index >= 15 is 0 Å². The van der Waals surface area contributed by atoms with Crippen LogP contribution in [0.1, 0.15) is 0 Å². The Balaban J connectivity index is -0.000000320. The summed E-state index contributed by atoms with van der Waals surface area (Å²) in [6.07, 6.45) is 0. The molecule has 0 aromatic heterocycles. The van der Waals surface area contributed by atoms with Crippen LogP contribution in [0.4, 0.5) is 0 Å². The molecule has 0 unspecified atom stereocenters. The average molecular weight is 277 g/mol. The van der Waals surface area contributed by atoms with E-state index in [0.29, 0.717) is 0 Å². The Bertz CT molecular complexity index is 220. The Morgan fingerprint density at radius 3 is 1.64 bits per heavy atom. The summed E-state index contributed by atoms with van der Waals surface area (Å²) in [7, 11) is -5.14. The number of rotatable bonds is 2. The predicted molar refractivity (Wildman–Crippen MR) is 24.1 cm³/mol. The van der Waals surface area contributed by atoms with Crippen molar-refractivity contribution >= 4 is 7.82 Å². The summed E-state index contributed by atoms with van der Waals surface area (Å²) in [4.78, 5) is 15.4. The van der Waals surface area contributed by atoms with Gasteiger partial charge in [-0.15, -0.1) is 0 Å². The zero-order valence-corrected chi connectivity index (χ0v) is 8.19. The fourth-order valence-electron chi connectivity index (χ4n) is 0.119. The second kappa shape index (κ2) is 5.02. The van der Waals surface area contributed by atoms with E-state index in [9.17, 15) is 15.1 Å². The van der Waals surface area contributed by atoms with Crippen LogP contribution in [-0.4, -0.2) is 15.3 Å². The molecule has 72 valence electrons. The van der Waals surface area contributed by atoms with Crippen LogP contribution < -0.4 is 9.91 Å². The summed E-state index contributed by atoms with van der Waals surface area (Å²) in [5, 5.41) is 0. The van der Waals surface area contributed by atoms with Gasteiger partial charge in [0.15, 0.2) is 0 Å². The van der Waals surface area contributed by atoms with E-state index in [-0.39, 0.29) is 11.6 Å². The first-order valence-corrected chi connectivity index (χ1v) is 6.24. The van der Waals surface area contributed by atoms with Gasteiger partial charge in [-0.3, -0.25) is 0 Å². The molecule has 0 aliphatic carbocycles. The van der Waals surface area contributed by atoms with Crippen LogP contribution in [0.25, 0.3) is 0 Å². The number of hydrogen-bond donors (Lipinski definition) is 3. The second-order valence-corrected chi connectivity index (χ2v) is 5.21. The van der Waals surface area contributed by atoms with Crippen LogP contribution in [0.2, 0.25) is 0 Å². The minimum absolute atomic E-state index is 0. The molecule has 0 amide bonds. The number of phosphoric acid groups is 1. The minimum Gasteiger partial charge on any atom is -0.369 e. The largest absolute Gasteiger partial charge is 0.369 e. The zero-order chi connectivity index (χ0) is 7.71. The first-order chi connectivity index (χ1) is 3.71. The van der Waals surface area contributed by atoms with Crippen molar-refractivity contribution in [3.05, 3.63) is 0 Å². The summed E-state index contributed by atoms with van der Waals surface area (Å²) in [5.74, 6) is 0. The SMILES string of the molecule is O.O=P(O)(O)[O][Mo](=[O])(=[O])[O-].[NH4+]. The van der Waals surface area contributed by atoms with Crippen molar-refractivity contribution in [1.29, 1.82) is 0 Å². The third-order valence-electron chi connectivity index (χ3n) is 0.188. The molecular weight excluding hydrogens is 269 g/mol. The molecule has 0 heterocycles. The third-order valence-corrected chi connectivity index (χ3v) is 3.34. The third kappa shape index (κ3) is 17.9. The van der Waals surface area contributed by atoms with Gasteiger partial charge in [-0.2, -0.15) is 0 Å². The maximum atomic E-state index is 9.57. The van der Waals surface area contributed by atoms with Gasteiger partial charge in [-0.05, 0) is 0 Å². The van der Waals surface area contributed by atoms with Crippen molar-refractivity contribution in [1.82, 2.24) is 6.15 Å². The average Bonchev–Trinajstić information content (AvgIpc) is 1.14. The second-order valence-electron chi connectivity index (χ2n) is 0.973. The van der Waals surface area contributed by atoms with Crippen molar-refractivity contribution in [3.8, 4) is 0 Å². The molecule has 0 aliphatic rings. The summed E-state index contributed by atoms with van der Waals surface area (Å²) in [6.45, 7) is 0. The molecule has 0 saturated carbocycles. The first-order valence-electron chi connectivity index (χ1n) is 1.43. The predicted octanol–water partition coefficient (Wildman–Crippen LogP) is -2.32. The zero-order valence-electron chi connectivity index (χ0n) is 5.29. The molecule has 0 rings (SSSR count). The Kier molecular flexibility index (Phi) is 7.93.